The number of nitrogens with one attached hydrogen (secondary N) is 1. The molecule has 0 saturated heterocycles. The lowest BCUT2D eigenvalue weighted by Crippen LogP contribution is -2.29. The fourth-order valence-corrected chi connectivity index (χ4v) is 2.72. The molecule has 6 heteroatoms. The molecule has 0 amide bonds. The summed E-state index contributed by atoms with van der Waals surface area (Å²) in [5, 5.41) is 24.8. The zero-order valence-corrected chi connectivity index (χ0v) is 11.5. The van der Waals surface area contributed by atoms with Gasteiger partial charge in [0, 0.05) is 12.7 Å². The van der Waals surface area contributed by atoms with Crippen LogP contribution in [-0.2, 0) is 6.54 Å². The average Bonchev–Trinajstić information content (AvgIpc) is 2.47. The zero-order chi connectivity index (χ0) is 14.4. The van der Waals surface area contributed by atoms with Gasteiger partial charge in [0.15, 0.2) is 5.84 Å². The monoisotopic (exact) mass is 278 g/mol. The molecule has 0 aliphatic heterocycles. The van der Waals surface area contributed by atoms with Gasteiger partial charge in [0.1, 0.15) is 5.69 Å². The number of oxime groups is 1. The SMILES string of the molecule is N/C(=N/O)c1ncccc1CNCC1CCCC(O)C1. The quantitative estimate of drug-likeness (QED) is 0.276. The van der Waals surface area contributed by atoms with Crippen LogP contribution in [0.5, 0.6) is 0 Å². The molecule has 6 nitrogen and oxygen atoms in total. The van der Waals surface area contributed by atoms with Crippen molar-refractivity contribution in [3.63, 3.8) is 0 Å². The van der Waals surface area contributed by atoms with Gasteiger partial charge < -0.3 is 21.4 Å². The third-order valence-electron chi connectivity index (χ3n) is 3.75. The summed E-state index contributed by atoms with van der Waals surface area (Å²) in [6, 6.07) is 3.73. The van der Waals surface area contributed by atoms with Crippen molar-refractivity contribution in [3.05, 3.63) is 29.6 Å². The Kier molecular flexibility index (Phi) is 5.31. The van der Waals surface area contributed by atoms with E-state index in [1.807, 2.05) is 12.1 Å². The maximum Gasteiger partial charge on any atom is 0.189 e. The maximum absolute atomic E-state index is 9.65. The van der Waals surface area contributed by atoms with Gasteiger partial charge in [0.2, 0.25) is 0 Å². The van der Waals surface area contributed by atoms with Gasteiger partial charge in [-0.05, 0) is 43.4 Å². The van der Waals surface area contributed by atoms with Gasteiger partial charge in [0.05, 0.1) is 6.10 Å². The molecule has 1 aromatic heterocycles. The highest BCUT2D eigenvalue weighted by Crippen LogP contribution is 2.23. The number of aromatic nitrogens is 1. The summed E-state index contributed by atoms with van der Waals surface area (Å²) >= 11 is 0. The number of pyridine rings is 1. The van der Waals surface area contributed by atoms with E-state index in [9.17, 15) is 5.11 Å². The molecule has 1 saturated carbocycles. The Hall–Kier alpha value is -1.66. The second-order valence-electron chi connectivity index (χ2n) is 5.31. The molecule has 1 fully saturated rings. The molecule has 5 N–H and O–H groups in total. The first kappa shape index (κ1) is 14.7. The van der Waals surface area contributed by atoms with Gasteiger partial charge >= 0.3 is 0 Å². The zero-order valence-electron chi connectivity index (χ0n) is 11.5. The smallest absolute Gasteiger partial charge is 0.189 e. The average molecular weight is 278 g/mol. The molecule has 1 aliphatic rings. The van der Waals surface area contributed by atoms with E-state index in [2.05, 4.69) is 15.5 Å². The molecule has 0 aromatic carbocycles. The van der Waals surface area contributed by atoms with Crippen molar-refractivity contribution in [3.8, 4) is 0 Å². The molecule has 20 heavy (non-hydrogen) atoms. The van der Waals surface area contributed by atoms with E-state index in [1.165, 1.54) is 0 Å². The van der Waals surface area contributed by atoms with Gasteiger partial charge in [-0.2, -0.15) is 0 Å². The molecular formula is C14H22N4O2. The van der Waals surface area contributed by atoms with Crippen LogP contribution >= 0.6 is 0 Å². The van der Waals surface area contributed by atoms with Crippen LogP contribution in [-0.4, -0.2) is 33.8 Å². The van der Waals surface area contributed by atoms with Crippen molar-refractivity contribution in [2.24, 2.45) is 16.8 Å². The van der Waals surface area contributed by atoms with Crippen molar-refractivity contribution in [2.45, 2.75) is 38.3 Å². The Labute approximate surface area is 118 Å². The molecule has 1 aromatic rings. The minimum absolute atomic E-state index is 0.0236. The first-order valence-electron chi connectivity index (χ1n) is 7.01. The lowest BCUT2D eigenvalue weighted by Gasteiger charge is -2.26. The highest BCUT2D eigenvalue weighted by molar-refractivity contribution is 5.96. The van der Waals surface area contributed by atoms with Crippen molar-refractivity contribution in [1.29, 1.82) is 0 Å². The third-order valence-corrected chi connectivity index (χ3v) is 3.75. The fraction of sp³-hybridized carbons (Fsp3) is 0.571. The number of nitrogens with two attached hydrogens (primary N) is 1. The summed E-state index contributed by atoms with van der Waals surface area (Å²) in [6.07, 6.45) is 5.51. The highest BCUT2D eigenvalue weighted by atomic mass is 16.4. The van der Waals surface area contributed by atoms with E-state index in [4.69, 9.17) is 10.9 Å². The predicted molar refractivity (Wildman–Crippen MR) is 76.4 cm³/mol. The predicted octanol–water partition coefficient (Wildman–Crippen LogP) is 0.817. The van der Waals surface area contributed by atoms with E-state index < -0.39 is 0 Å². The number of rotatable bonds is 5. The van der Waals surface area contributed by atoms with Crippen LogP contribution in [0, 0.1) is 5.92 Å². The van der Waals surface area contributed by atoms with Crippen molar-refractivity contribution >= 4 is 5.84 Å². The van der Waals surface area contributed by atoms with Crippen LogP contribution in [0.1, 0.15) is 36.9 Å². The first-order chi connectivity index (χ1) is 9.70. The number of hydrogen-bond donors (Lipinski definition) is 4. The van der Waals surface area contributed by atoms with E-state index in [0.717, 1.165) is 37.8 Å². The van der Waals surface area contributed by atoms with E-state index in [1.54, 1.807) is 6.20 Å². The number of aliphatic hydroxyl groups excluding tert-OH is 1. The van der Waals surface area contributed by atoms with Crippen LogP contribution in [0.15, 0.2) is 23.5 Å². The lowest BCUT2D eigenvalue weighted by atomic mass is 9.87. The summed E-state index contributed by atoms with van der Waals surface area (Å²) in [5.41, 5.74) is 7.01. The lowest BCUT2D eigenvalue weighted by molar-refractivity contribution is 0.101. The van der Waals surface area contributed by atoms with Crippen LogP contribution in [0.2, 0.25) is 0 Å². The number of amidine groups is 1. The topological polar surface area (TPSA) is 104 Å². The normalized spacial score (nSPS) is 23.8. The van der Waals surface area contributed by atoms with Gasteiger partial charge in [-0.3, -0.25) is 4.98 Å². The van der Waals surface area contributed by atoms with Crippen LogP contribution in [0.25, 0.3) is 0 Å². The summed E-state index contributed by atoms with van der Waals surface area (Å²) < 4.78 is 0. The van der Waals surface area contributed by atoms with Gasteiger partial charge in [-0.25, -0.2) is 0 Å². The molecule has 2 atom stereocenters. The molecule has 0 spiro atoms. The van der Waals surface area contributed by atoms with Crippen molar-refractivity contribution in [1.82, 2.24) is 10.3 Å². The minimum Gasteiger partial charge on any atom is -0.409 e. The second kappa shape index (κ2) is 7.21. The van der Waals surface area contributed by atoms with Crippen LogP contribution < -0.4 is 11.1 Å². The largest absolute Gasteiger partial charge is 0.409 e. The Morgan fingerprint density at radius 1 is 1.50 bits per heavy atom. The fourth-order valence-electron chi connectivity index (χ4n) is 2.72. The summed E-state index contributed by atoms with van der Waals surface area (Å²) in [6.45, 7) is 1.48. The van der Waals surface area contributed by atoms with Crippen LogP contribution in [0.3, 0.4) is 0 Å². The Bertz CT molecular complexity index is 464. The first-order valence-corrected chi connectivity index (χ1v) is 7.01. The van der Waals surface area contributed by atoms with Gasteiger partial charge in [0.25, 0.3) is 0 Å². The van der Waals surface area contributed by atoms with Crippen molar-refractivity contribution < 1.29 is 10.3 Å². The van der Waals surface area contributed by atoms with E-state index in [-0.39, 0.29) is 11.9 Å². The maximum atomic E-state index is 9.65. The van der Waals surface area contributed by atoms with E-state index >= 15 is 0 Å². The number of nitrogens with zero attached hydrogens (tertiary/aromatic N) is 2. The molecule has 110 valence electrons. The standard InChI is InChI=1S/C14H22N4O2/c15-14(18-20)13-11(4-2-6-17-13)9-16-8-10-3-1-5-12(19)7-10/h2,4,6,10,12,16,19-20H,1,3,5,7-9H2,(H2,15,18). The summed E-state index contributed by atoms with van der Waals surface area (Å²) in [7, 11) is 0. The second-order valence-corrected chi connectivity index (χ2v) is 5.31. The number of aliphatic hydroxyl groups is 1. The molecule has 0 bridgehead atoms. The van der Waals surface area contributed by atoms with Gasteiger partial charge in [-0.1, -0.05) is 17.6 Å². The van der Waals surface area contributed by atoms with E-state index in [0.29, 0.717) is 18.2 Å². The minimum atomic E-state index is -0.151. The number of hydrogen-bond acceptors (Lipinski definition) is 5. The Morgan fingerprint density at radius 2 is 2.35 bits per heavy atom. The molecule has 2 rings (SSSR count). The molecule has 1 aliphatic carbocycles. The Balaban J connectivity index is 1.88. The summed E-state index contributed by atoms with van der Waals surface area (Å²) in [5.74, 6) is 0.540. The molecule has 2 unspecified atom stereocenters. The molecule has 0 radical (unpaired) electrons. The molecular weight excluding hydrogens is 256 g/mol. The van der Waals surface area contributed by atoms with Crippen LogP contribution in [0.4, 0.5) is 0 Å². The van der Waals surface area contributed by atoms with Gasteiger partial charge in [-0.15, -0.1) is 0 Å². The van der Waals surface area contributed by atoms with Crippen molar-refractivity contribution in [2.75, 3.05) is 6.54 Å². The summed E-state index contributed by atoms with van der Waals surface area (Å²) in [4.78, 5) is 4.13. The Morgan fingerprint density at radius 3 is 3.10 bits per heavy atom. The molecule has 1 heterocycles. The third kappa shape index (κ3) is 3.91. The highest BCUT2D eigenvalue weighted by Gasteiger charge is 2.19.